The standard InChI is InChI=1S/C18H19FN2O3/c1-13-2-8-16(9-3-13)24-12-18(23)21-11-17(22)20-10-14-4-6-15(19)7-5-14/h2-9H,10-12H2,1H3,(H,20,22)(H,21,23). The van der Waals surface area contributed by atoms with E-state index in [0.717, 1.165) is 11.1 Å². The molecule has 0 unspecified atom stereocenters. The summed E-state index contributed by atoms with van der Waals surface area (Å²) in [5.74, 6) is -0.446. The van der Waals surface area contributed by atoms with Gasteiger partial charge in [-0.05, 0) is 36.8 Å². The zero-order valence-corrected chi connectivity index (χ0v) is 13.3. The minimum absolute atomic E-state index is 0.142. The number of hydrogen-bond acceptors (Lipinski definition) is 3. The fraction of sp³-hybridized carbons (Fsp3) is 0.222. The van der Waals surface area contributed by atoms with Gasteiger partial charge in [-0.15, -0.1) is 0 Å². The van der Waals surface area contributed by atoms with Crippen LogP contribution in [-0.4, -0.2) is 25.0 Å². The molecule has 2 aromatic carbocycles. The maximum atomic E-state index is 12.8. The van der Waals surface area contributed by atoms with Crippen molar-refractivity contribution in [3.8, 4) is 5.75 Å². The van der Waals surface area contributed by atoms with E-state index in [9.17, 15) is 14.0 Å². The molecule has 0 fully saturated rings. The lowest BCUT2D eigenvalue weighted by Crippen LogP contribution is -2.38. The topological polar surface area (TPSA) is 67.4 Å². The number of halogens is 1. The third-order valence-corrected chi connectivity index (χ3v) is 3.24. The normalized spacial score (nSPS) is 10.1. The first-order valence-electron chi connectivity index (χ1n) is 7.50. The van der Waals surface area contributed by atoms with Crippen LogP contribution in [0, 0.1) is 12.7 Å². The second kappa shape index (κ2) is 8.67. The van der Waals surface area contributed by atoms with Crippen LogP contribution in [0.1, 0.15) is 11.1 Å². The second-order valence-electron chi connectivity index (χ2n) is 5.28. The average molecular weight is 330 g/mol. The monoisotopic (exact) mass is 330 g/mol. The molecule has 0 aliphatic heterocycles. The molecule has 5 nitrogen and oxygen atoms in total. The molecule has 0 saturated heterocycles. The molecule has 0 aromatic heterocycles. The number of rotatable bonds is 7. The Labute approximate surface area is 139 Å². The van der Waals surface area contributed by atoms with Crippen LogP contribution in [0.15, 0.2) is 48.5 Å². The van der Waals surface area contributed by atoms with Crippen LogP contribution in [0.3, 0.4) is 0 Å². The minimum Gasteiger partial charge on any atom is -0.484 e. The summed E-state index contributed by atoms with van der Waals surface area (Å²) in [6.45, 7) is 1.93. The zero-order valence-electron chi connectivity index (χ0n) is 13.3. The van der Waals surface area contributed by atoms with Crippen molar-refractivity contribution in [3.63, 3.8) is 0 Å². The molecule has 0 aliphatic rings. The molecular formula is C18H19FN2O3. The van der Waals surface area contributed by atoms with Crippen molar-refractivity contribution in [1.29, 1.82) is 0 Å². The van der Waals surface area contributed by atoms with E-state index in [1.807, 2.05) is 19.1 Å². The van der Waals surface area contributed by atoms with Gasteiger partial charge < -0.3 is 15.4 Å². The zero-order chi connectivity index (χ0) is 17.4. The first-order valence-corrected chi connectivity index (χ1v) is 7.50. The molecule has 0 heterocycles. The predicted molar refractivity (Wildman–Crippen MR) is 87.9 cm³/mol. The van der Waals surface area contributed by atoms with Crippen molar-refractivity contribution in [1.82, 2.24) is 10.6 Å². The number of aryl methyl sites for hydroxylation is 1. The number of carbonyl (C=O) groups is 2. The number of carbonyl (C=O) groups excluding carboxylic acids is 2. The van der Waals surface area contributed by atoms with Crippen molar-refractivity contribution in [2.24, 2.45) is 0 Å². The van der Waals surface area contributed by atoms with E-state index in [-0.39, 0.29) is 37.3 Å². The van der Waals surface area contributed by atoms with Gasteiger partial charge in [-0.25, -0.2) is 4.39 Å². The van der Waals surface area contributed by atoms with E-state index in [2.05, 4.69) is 10.6 Å². The Morgan fingerprint density at radius 2 is 1.62 bits per heavy atom. The van der Waals surface area contributed by atoms with Gasteiger partial charge in [0, 0.05) is 6.54 Å². The fourth-order valence-electron chi connectivity index (χ4n) is 1.88. The average Bonchev–Trinajstić information content (AvgIpc) is 2.59. The summed E-state index contributed by atoms with van der Waals surface area (Å²) in [5.41, 5.74) is 1.88. The molecule has 2 aromatic rings. The number of benzene rings is 2. The molecule has 0 bridgehead atoms. The van der Waals surface area contributed by atoms with Crippen LogP contribution in [0.25, 0.3) is 0 Å². The van der Waals surface area contributed by atoms with E-state index in [0.29, 0.717) is 5.75 Å². The van der Waals surface area contributed by atoms with Crippen LogP contribution >= 0.6 is 0 Å². The summed E-state index contributed by atoms with van der Waals surface area (Å²) in [4.78, 5) is 23.3. The maximum absolute atomic E-state index is 12.8. The van der Waals surface area contributed by atoms with Crippen LogP contribution in [-0.2, 0) is 16.1 Å². The number of nitrogens with one attached hydrogen (secondary N) is 2. The maximum Gasteiger partial charge on any atom is 0.258 e. The SMILES string of the molecule is Cc1ccc(OCC(=O)NCC(=O)NCc2ccc(F)cc2)cc1. The highest BCUT2D eigenvalue weighted by Gasteiger charge is 2.06. The molecule has 0 radical (unpaired) electrons. The Hall–Kier alpha value is -2.89. The molecule has 0 saturated carbocycles. The van der Waals surface area contributed by atoms with Crippen LogP contribution in [0.2, 0.25) is 0 Å². The van der Waals surface area contributed by atoms with Gasteiger partial charge in [-0.2, -0.15) is 0 Å². The Morgan fingerprint density at radius 1 is 0.958 bits per heavy atom. The lowest BCUT2D eigenvalue weighted by atomic mass is 10.2. The summed E-state index contributed by atoms with van der Waals surface area (Å²) in [6.07, 6.45) is 0. The van der Waals surface area contributed by atoms with Crippen LogP contribution in [0.5, 0.6) is 5.75 Å². The second-order valence-corrected chi connectivity index (χ2v) is 5.28. The number of amides is 2. The van der Waals surface area contributed by atoms with Gasteiger partial charge in [0.15, 0.2) is 6.61 Å². The lowest BCUT2D eigenvalue weighted by molar-refractivity contribution is -0.127. The summed E-state index contributed by atoms with van der Waals surface area (Å²) < 4.78 is 18.1. The predicted octanol–water partition coefficient (Wildman–Crippen LogP) is 1.95. The Morgan fingerprint density at radius 3 is 2.29 bits per heavy atom. The van der Waals surface area contributed by atoms with E-state index in [1.54, 1.807) is 24.3 Å². The van der Waals surface area contributed by atoms with Crippen molar-refractivity contribution in [2.75, 3.05) is 13.2 Å². The van der Waals surface area contributed by atoms with Crippen LogP contribution in [0.4, 0.5) is 4.39 Å². The molecule has 6 heteroatoms. The first kappa shape index (κ1) is 17.5. The van der Waals surface area contributed by atoms with Gasteiger partial charge in [-0.3, -0.25) is 9.59 Å². The van der Waals surface area contributed by atoms with Gasteiger partial charge >= 0.3 is 0 Å². The fourth-order valence-corrected chi connectivity index (χ4v) is 1.88. The summed E-state index contributed by atoms with van der Waals surface area (Å²) in [6, 6.07) is 13.1. The van der Waals surface area contributed by atoms with Crippen molar-refractivity contribution in [3.05, 3.63) is 65.5 Å². The van der Waals surface area contributed by atoms with Gasteiger partial charge in [0.1, 0.15) is 11.6 Å². The van der Waals surface area contributed by atoms with Crippen LogP contribution < -0.4 is 15.4 Å². The van der Waals surface area contributed by atoms with Gasteiger partial charge in [0.2, 0.25) is 5.91 Å². The first-order chi connectivity index (χ1) is 11.5. The third-order valence-electron chi connectivity index (χ3n) is 3.24. The van der Waals surface area contributed by atoms with Crippen molar-refractivity contribution < 1.29 is 18.7 Å². The smallest absolute Gasteiger partial charge is 0.258 e. The van der Waals surface area contributed by atoms with E-state index in [1.165, 1.54) is 12.1 Å². The highest BCUT2D eigenvalue weighted by atomic mass is 19.1. The summed E-state index contributed by atoms with van der Waals surface area (Å²) in [7, 11) is 0. The highest BCUT2D eigenvalue weighted by Crippen LogP contribution is 2.10. The van der Waals surface area contributed by atoms with E-state index >= 15 is 0 Å². The Bertz CT molecular complexity index is 623. The third kappa shape index (κ3) is 6.08. The number of ether oxygens (including phenoxy) is 1. The van der Waals surface area contributed by atoms with Gasteiger partial charge in [0.05, 0.1) is 6.54 Å². The largest absolute Gasteiger partial charge is 0.484 e. The molecule has 0 spiro atoms. The quantitative estimate of drug-likeness (QED) is 0.815. The molecule has 2 amide bonds. The van der Waals surface area contributed by atoms with Gasteiger partial charge in [0.25, 0.3) is 5.91 Å². The van der Waals surface area contributed by atoms with Crippen molar-refractivity contribution >= 4 is 11.8 Å². The summed E-state index contributed by atoms with van der Waals surface area (Å²) >= 11 is 0. The highest BCUT2D eigenvalue weighted by molar-refractivity contribution is 5.85. The molecule has 24 heavy (non-hydrogen) atoms. The van der Waals surface area contributed by atoms with E-state index in [4.69, 9.17) is 4.74 Å². The minimum atomic E-state index is -0.382. The molecule has 126 valence electrons. The molecular weight excluding hydrogens is 311 g/mol. The molecule has 2 N–H and O–H groups in total. The molecule has 0 atom stereocenters. The lowest BCUT2D eigenvalue weighted by Gasteiger charge is -2.08. The Balaban J connectivity index is 1.64. The van der Waals surface area contributed by atoms with E-state index < -0.39 is 0 Å². The Kier molecular flexibility index (Phi) is 6.31. The summed E-state index contributed by atoms with van der Waals surface area (Å²) in [5, 5.41) is 5.11. The molecule has 0 aliphatic carbocycles. The molecule has 2 rings (SSSR count). The number of hydrogen-bond donors (Lipinski definition) is 2. The van der Waals surface area contributed by atoms with Gasteiger partial charge in [-0.1, -0.05) is 29.8 Å². The van der Waals surface area contributed by atoms with Crippen molar-refractivity contribution in [2.45, 2.75) is 13.5 Å².